The second-order valence-corrected chi connectivity index (χ2v) is 3.92. The number of hydrogen-bond acceptors (Lipinski definition) is 3. The van der Waals surface area contributed by atoms with Gasteiger partial charge in [0.05, 0.1) is 6.04 Å². The minimum Gasteiger partial charge on any atom is -0.368 e. The zero-order valence-electron chi connectivity index (χ0n) is 7.71. The van der Waals surface area contributed by atoms with Gasteiger partial charge in [-0.2, -0.15) is 0 Å². The number of nitrogens with zero attached hydrogens (tertiary/aromatic N) is 1. The van der Waals surface area contributed by atoms with E-state index in [2.05, 4.69) is 4.90 Å². The van der Waals surface area contributed by atoms with Gasteiger partial charge in [-0.1, -0.05) is 0 Å². The third-order valence-electron chi connectivity index (χ3n) is 2.63. The lowest BCUT2D eigenvalue weighted by molar-refractivity contribution is -0.132. The van der Waals surface area contributed by atoms with Gasteiger partial charge in [0, 0.05) is 18.6 Å². The Balaban J connectivity index is 2.60. The second kappa shape index (κ2) is 3.03. The highest BCUT2D eigenvalue weighted by Crippen LogP contribution is 2.26. The van der Waals surface area contributed by atoms with Gasteiger partial charge < -0.3 is 11.5 Å². The molecule has 0 aromatic heterocycles. The van der Waals surface area contributed by atoms with Crippen molar-refractivity contribution in [1.82, 2.24) is 4.90 Å². The van der Waals surface area contributed by atoms with E-state index in [9.17, 15) is 4.79 Å². The van der Waals surface area contributed by atoms with Gasteiger partial charge in [-0.3, -0.25) is 9.69 Å². The smallest absolute Gasteiger partial charge is 0.234 e. The van der Waals surface area contributed by atoms with Crippen molar-refractivity contribution in [3.63, 3.8) is 0 Å². The van der Waals surface area contributed by atoms with Crippen molar-refractivity contribution in [3.05, 3.63) is 0 Å². The molecule has 0 bridgehead atoms. The maximum atomic E-state index is 10.9. The first-order valence-corrected chi connectivity index (χ1v) is 4.25. The summed E-state index contributed by atoms with van der Waals surface area (Å²) in [4.78, 5) is 13.0. The third-order valence-corrected chi connectivity index (χ3v) is 2.63. The van der Waals surface area contributed by atoms with Gasteiger partial charge in [0.25, 0.3) is 0 Å². The number of hydrogen-bond donors (Lipinski definition) is 2. The summed E-state index contributed by atoms with van der Waals surface area (Å²) in [5.41, 5.74) is 10.7. The average molecular weight is 171 g/mol. The van der Waals surface area contributed by atoms with Crippen LogP contribution in [-0.4, -0.2) is 35.5 Å². The molecule has 0 saturated carbocycles. The maximum absolute atomic E-state index is 10.9. The summed E-state index contributed by atoms with van der Waals surface area (Å²) >= 11 is 0. The minimum absolute atomic E-state index is 0.0939. The Kier molecular flexibility index (Phi) is 2.39. The van der Waals surface area contributed by atoms with Gasteiger partial charge in [-0.25, -0.2) is 0 Å². The molecule has 1 fully saturated rings. The molecular formula is C8H17N3O. The Bertz CT molecular complexity index is 191. The van der Waals surface area contributed by atoms with Gasteiger partial charge in [0.15, 0.2) is 0 Å². The SMILES string of the molecule is CC(C)(CN)N1CCC1C(N)=O. The van der Waals surface area contributed by atoms with Crippen LogP contribution in [0.25, 0.3) is 0 Å². The van der Waals surface area contributed by atoms with Crippen LogP contribution in [0, 0.1) is 0 Å². The molecule has 1 unspecified atom stereocenters. The number of carbonyl (C=O) groups excluding carboxylic acids is 1. The molecule has 0 aromatic rings. The summed E-state index contributed by atoms with van der Waals surface area (Å²) in [5, 5.41) is 0. The highest BCUT2D eigenvalue weighted by Gasteiger charge is 2.40. The van der Waals surface area contributed by atoms with E-state index in [1.54, 1.807) is 0 Å². The molecule has 0 aliphatic carbocycles. The summed E-state index contributed by atoms with van der Waals surface area (Å²) in [6.07, 6.45) is 0.874. The zero-order valence-corrected chi connectivity index (χ0v) is 7.71. The van der Waals surface area contributed by atoms with Gasteiger partial charge in [0.1, 0.15) is 0 Å². The van der Waals surface area contributed by atoms with E-state index in [0.717, 1.165) is 13.0 Å². The molecule has 12 heavy (non-hydrogen) atoms. The maximum Gasteiger partial charge on any atom is 0.234 e. The van der Waals surface area contributed by atoms with Gasteiger partial charge in [-0.15, -0.1) is 0 Å². The largest absolute Gasteiger partial charge is 0.368 e. The Morgan fingerprint density at radius 1 is 1.67 bits per heavy atom. The van der Waals surface area contributed by atoms with E-state index in [0.29, 0.717) is 6.54 Å². The van der Waals surface area contributed by atoms with Gasteiger partial charge in [-0.05, 0) is 20.3 Å². The average Bonchev–Trinajstić information content (AvgIpc) is 1.82. The predicted octanol–water partition coefficient (Wildman–Crippen LogP) is -0.717. The monoisotopic (exact) mass is 171 g/mol. The Morgan fingerprint density at radius 3 is 2.50 bits per heavy atom. The quantitative estimate of drug-likeness (QED) is 0.589. The number of primary amides is 1. The molecule has 1 aliphatic heterocycles. The standard InChI is InChI=1S/C8H17N3O/c1-8(2,5-9)11-4-3-6(11)7(10)12/h6H,3-5,9H2,1-2H3,(H2,10,12). The fourth-order valence-electron chi connectivity index (χ4n) is 1.52. The Morgan fingerprint density at radius 2 is 2.25 bits per heavy atom. The minimum atomic E-state index is -0.234. The number of amides is 1. The lowest BCUT2D eigenvalue weighted by atomic mass is 9.91. The summed E-state index contributed by atoms with van der Waals surface area (Å²) in [7, 11) is 0. The van der Waals surface area contributed by atoms with Crippen LogP contribution < -0.4 is 11.5 Å². The number of rotatable bonds is 3. The lowest BCUT2D eigenvalue weighted by Crippen LogP contribution is -2.64. The van der Waals surface area contributed by atoms with Crippen LogP contribution in [0.1, 0.15) is 20.3 Å². The Hall–Kier alpha value is -0.610. The van der Waals surface area contributed by atoms with Crippen molar-refractivity contribution < 1.29 is 4.79 Å². The number of carbonyl (C=O) groups is 1. The van der Waals surface area contributed by atoms with E-state index in [4.69, 9.17) is 11.5 Å². The van der Waals surface area contributed by atoms with Crippen LogP contribution in [0.2, 0.25) is 0 Å². The summed E-state index contributed by atoms with van der Waals surface area (Å²) < 4.78 is 0. The van der Waals surface area contributed by atoms with Gasteiger partial charge >= 0.3 is 0 Å². The van der Waals surface area contributed by atoms with Crippen LogP contribution in [0.4, 0.5) is 0 Å². The lowest BCUT2D eigenvalue weighted by Gasteiger charge is -2.49. The molecule has 1 heterocycles. The predicted molar refractivity (Wildman–Crippen MR) is 47.4 cm³/mol. The molecule has 4 N–H and O–H groups in total. The molecular weight excluding hydrogens is 154 g/mol. The first kappa shape index (κ1) is 9.48. The van der Waals surface area contributed by atoms with E-state index < -0.39 is 0 Å². The first-order valence-electron chi connectivity index (χ1n) is 4.25. The summed E-state index contributed by atoms with van der Waals surface area (Å²) in [5.74, 6) is -0.234. The van der Waals surface area contributed by atoms with E-state index in [1.165, 1.54) is 0 Å². The summed E-state index contributed by atoms with van der Waals surface area (Å²) in [6, 6.07) is -0.0939. The van der Waals surface area contributed by atoms with E-state index >= 15 is 0 Å². The normalized spacial score (nSPS) is 25.1. The molecule has 1 amide bonds. The highest BCUT2D eigenvalue weighted by molar-refractivity contribution is 5.80. The van der Waals surface area contributed by atoms with E-state index in [1.807, 2.05) is 13.8 Å². The molecule has 4 nitrogen and oxygen atoms in total. The van der Waals surface area contributed by atoms with Crippen molar-refractivity contribution in [2.45, 2.75) is 31.8 Å². The van der Waals surface area contributed by atoms with Gasteiger partial charge in [0.2, 0.25) is 5.91 Å². The molecule has 1 saturated heterocycles. The highest BCUT2D eigenvalue weighted by atomic mass is 16.1. The fraction of sp³-hybridized carbons (Fsp3) is 0.875. The van der Waals surface area contributed by atoms with Crippen molar-refractivity contribution in [1.29, 1.82) is 0 Å². The van der Waals surface area contributed by atoms with E-state index in [-0.39, 0.29) is 17.5 Å². The molecule has 1 aliphatic rings. The molecule has 70 valence electrons. The third kappa shape index (κ3) is 1.44. The summed E-state index contributed by atoms with van der Waals surface area (Å²) in [6.45, 7) is 5.54. The molecule has 0 aromatic carbocycles. The molecule has 4 heteroatoms. The number of nitrogens with two attached hydrogens (primary N) is 2. The first-order chi connectivity index (χ1) is 5.49. The molecule has 0 spiro atoms. The Labute approximate surface area is 72.9 Å². The van der Waals surface area contributed by atoms with Crippen LogP contribution in [0.5, 0.6) is 0 Å². The fourth-order valence-corrected chi connectivity index (χ4v) is 1.52. The topological polar surface area (TPSA) is 72.3 Å². The second-order valence-electron chi connectivity index (χ2n) is 3.92. The molecule has 1 rings (SSSR count). The van der Waals surface area contributed by atoms with Crippen LogP contribution in [-0.2, 0) is 4.79 Å². The van der Waals surface area contributed by atoms with Crippen molar-refractivity contribution in [2.24, 2.45) is 11.5 Å². The van der Waals surface area contributed by atoms with Crippen LogP contribution in [0.15, 0.2) is 0 Å². The van der Waals surface area contributed by atoms with Crippen LogP contribution in [0.3, 0.4) is 0 Å². The molecule has 1 atom stereocenters. The van der Waals surface area contributed by atoms with Crippen LogP contribution >= 0.6 is 0 Å². The zero-order chi connectivity index (χ0) is 9.35. The van der Waals surface area contributed by atoms with Crippen molar-refractivity contribution in [3.8, 4) is 0 Å². The number of likely N-dealkylation sites (tertiary alicyclic amines) is 1. The van der Waals surface area contributed by atoms with Crippen molar-refractivity contribution in [2.75, 3.05) is 13.1 Å². The van der Waals surface area contributed by atoms with Crippen molar-refractivity contribution >= 4 is 5.91 Å². The molecule has 0 radical (unpaired) electrons.